The van der Waals surface area contributed by atoms with Gasteiger partial charge in [-0.2, -0.15) is 0 Å². The van der Waals surface area contributed by atoms with Gasteiger partial charge in [-0.15, -0.1) is 0 Å². The lowest BCUT2D eigenvalue weighted by Gasteiger charge is -2.16. The van der Waals surface area contributed by atoms with E-state index in [1.807, 2.05) is 0 Å². The Morgan fingerprint density at radius 1 is 1.53 bits per heavy atom. The minimum absolute atomic E-state index is 0.170. The Hall–Kier alpha value is -2.18. The fraction of sp³-hybridized carbons (Fsp3) is 0.417. The van der Waals surface area contributed by atoms with Gasteiger partial charge in [0.2, 0.25) is 11.4 Å². The minimum atomic E-state index is -1.27. The van der Waals surface area contributed by atoms with Crippen LogP contribution in [-0.2, 0) is 9.53 Å². The summed E-state index contributed by atoms with van der Waals surface area (Å²) in [7, 11) is 0. The first-order chi connectivity index (χ1) is 9.00. The van der Waals surface area contributed by atoms with Crippen molar-refractivity contribution in [1.82, 2.24) is 0 Å². The second-order valence-electron chi connectivity index (χ2n) is 4.16. The van der Waals surface area contributed by atoms with Crippen LogP contribution in [-0.4, -0.2) is 23.1 Å². The van der Waals surface area contributed by atoms with Crippen LogP contribution in [0.1, 0.15) is 19.8 Å². The molecule has 0 unspecified atom stereocenters. The molecule has 6 nitrogen and oxygen atoms in total. The van der Waals surface area contributed by atoms with E-state index in [-0.39, 0.29) is 6.61 Å². The average Bonchev–Trinajstić information content (AvgIpc) is 3.13. The Morgan fingerprint density at radius 2 is 2.21 bits per heavy atom. The van der Waals surface area contributed by atoms with Crippen molar-refractivity contribution in [2.24, 2.45) is 0 Å². The first-order valence-electron chi connectivity index (χ1n) is 5.79. The molecule has 1 aliphatic rings. The van der Waals surface area contributed by atoms with Gasteiger partial charge in [0.05, 0.1) is 11.5 Å². The molecule has 0 heterocycles. The number of hydrogen-bond donors (Lipinski definition) is 0. The molecule has 0 radical (unpaired) electrons. The quantitative estimate of drug-likeness (QED) is 0.465. The van der Waals surface area contributed by atoms with E-state index in [9.17, 15) is 19.3 Å². The highest BCUT2D eigenvalue weighted by Gasteiger charge is 2.55. The van der Waals surface area contributed by atoms with Gasteiger partial charge in [-0.1, -0.05) is 6.07 Å². The highest BCUT2D eigenvalue weighted by molar-refractivity contribution is 5.83. The Morgan fingerprint density at radius 3 is 2.74 bits per heavy atom. The summed E-state index contributed by atoms with van der Waals surface area (Å²) in [4.78, 5) is 21.8. The third-order valence-electron chi connectivity index (χ3n) is 2.79. The largest absolute Gasteiger partial charge is 0.466 e. The van der Waals surface area contributed by atoms with Crippen LogP contribution in [0.25, 0.3) is 0 Å². The zero-order chi connectivity index (χ0) is 14.0. The smallest absolute Gasteiger partial charge is 0.350 e. The maximum atomic E-state index is 13.6. The van der Waals surface area contributed by atoms with Crippen molar-refractivity contribution in [3.8, 4) is 5.75 Å². The van der Waals surface area contributed by atoms with Crippen molar-refractivity contribution in [3.05, 3.63) is 34.1 Å². The number of ether oxygens (including phenoxy) is 2. The Balaban J connectivity index is 2.29. The van der Waals surface area contributed by atoms with Gasteiger partial charge in [-0.05, 0) is 13.0 Å². The van der Waals surface area contributed by atoms with Crippen LogP contribution in [0, 0.1) is 15.9 Å². The number of benzene rings is 1. The number of nitrogens with zero attached hydrogens (tertiary/aromatic N) is 1. The lowest BCUT2D eigenvalue weighted by atomic mass is 10.2. The topological polar surface area (TPSA) is 78.7 Å². The van der Waals surface area contributed by atoms with E-state index in [0.29, 0.717) is 12.8 Å². The lowest BCUT2D eigenvalue weighted by Crippen LogP contribution is -2.32. The van der Waals surface area contributed by atoms with Crippen LogP contribution in [0.2, 0.25) is 0 Å². The van der Waals surface area contributed by atoms with Gasteiger partial charge in [0.25, 0.3) is 0 Å². The van der Waals surface area contributed by atoms with Crippen LogP contribution in [0.4, 0.5) is 10.1 Å². The average molecular weight is 269 g/mol. The first-order valence-corrected chi connectivity index (χ1v) is 5.79. The zero-order valence-corrected chi connectivity index (χ0v) is 10.2. The minimum Gasteiger partial charge on any atom is -0.466 e. The number of carbonyl (C=O) groups is 1. The summed E-state index contributed by atoms with van der Waals surface area (Å²) in [6, 6.07) is 3.38. The van der Waals surface area contributed by atoms with Crippen LogP contribution < -0.4 is 4.74 Å². The van der Waals surface area contributed by atoms with E-state index in [1.54, 1.807) is 6.92 Å². The molecule has 1 aromatic carbocycles. The third kappa shape index (κ3) is 2.49. The number of esters is 1. The molecule has 2 rings (SSSR count). The predicted octanol–water partition coefficient (Wildman–Crippen LogP) is 2.21. The van der Waals surface area contributed by atoms with Crippen molar-refractivity contribution >= 4 is 11.7 Å². The Labute approximate surface area is 108 Å². The molecule has 0 atom stereocenters. The number of nitro groups is 1. The molecule has 0 aliphatic heterocycles. The highest BCUT2D eigenvalue weighted by atomic mass is 19.1. The first kappa shape index (κ1) is 13.3. The van der Waals surface area contributed by atoms with Gasteiger partial charge in [-0.3, -0.25) is 10.1 Å². The summed E-state index contributed by atoms with van der Waals surface area (Å²) < 4.78 is 23.7. The predicted molar refractivity (Wildman–Crippen MR) is 62.3 cm³/mol. The summed E-state index contributed by atoms with van der Waals surface area (Å²) in [5, 5.41) is 10.8. The zero-order valence-electron chi connectivity index (χ0n) is 10.2. The molecule has 1 saturated carbocycles. The van der Waals surface area contributed by atoms with Crippen LogP contribution in [0.15, 0.2) is 18.2 Å². The van der Waals surface area contributed by atoms with E-state index in [4.69, 9.17) is 9.47 Å². The summed E-state index contributed by atoms with van der Waals surface area (Å²) >= 11 is 0. The van der Waals surface area contributed by atoms with Crippen molar-refractivity contribution < 1.29 is 23.6 Å². The third-order valence-corrected chi connectivity index (χ3v) is 2.79. The van der Waals surface area contributed by atoms with Gasteiger partial charge in [0.15, 0.2) is 5.82 Å². The number of nitro benzene ring substituents is 1. The molecule has 1 aromatic rings. The molecular weight excluding hydrogens is 257 g/mol. The molecule has 0 N–H and O–H groups in total. The van der Waals surface area contributed by atoms with Crippen molar-refractivity contribution in [1.29, 1.82) is 0 Å². The summed E-state index contributed by atoms with van der Waals surface area (Å²) in [6.45, 7) is 1.81. The highest BCUT2D eigenvalue weighted by Crippen LogP contribution is 2.44. The van der Waals surface area contributed by atoms with Crippen LogP contribution in [0.5, 0.6) is 5.75 Å². The monoisotopic (exact) mass is 269 g/mol. The molecule has 102 valence electrons. The van der Waals surface area contributed by atoms with Crippen molar-refractivity contribution in [2.45, 2.75) is 25.4 Å². The molecule has 0 saturated heterocycles. The van der Waals surface area contributed by atoms with Gasteiger partial charge >= 0.3 is 11.7 Å². The van der Waals surface area contributed by atoms with E-state index < -0.39 is 33.7 Å². The number of hydrogen-bond acceptors (Lipinski definition) is 5. The van der Waals surface area contributed by atoms with Gasteiger partial charge in [0.1, 0.15) is 0 Å². The molecular formula is C12H12FNO5. The Kier molecular flexibility index (Phi) is 3.37. The molecule has 0 bridgehead atoms. The number of rotatable bonds is 5. The molecule has 1 fully saturated rings. The maximum absolute atomic E-state index is 13.6. The van der Waals surface area contributed by atoms with Gasteiger partial charge in [0, 0.05) is 18.9 Å². The van der Waals surface area contributed by atoms with E-state index in [1.165, 1.54) is 6.07 Å². The van der Waals surface area contributed by atoms with Crippen LogP contribution in [0.3, 0.4) is 0 Å². The molecule has 19 heavy (non-hydrogen) atoms. The number of para-hydroxylation sites is 1. The lowest BCUT2D eigenvalue weighted by molar-refractivity contribution is -0.386. The van der Waals surface area contributed by atoms with E-state index >= 15 is 0 Å². The molecule has 0 amide bonds. The Bertz CT molecular complexity index is 527. The molecule has 0 spiro atoms. The maximum Gasteiger partial charge on any atom is 0.350 e. The second-order valence-corrected chi connectivity index (χ2v) is 4.16. The summed E-state index contributed by atoms with van der Waals surface area (Å²) in [6.07, 6.45) is 0.717. The van der Waals surface area contributed by atoms with Crippen molar-refractivity contribution in [3.63, 3.8) is 0 Å². The van der Waals surface area contributed by atoms with E-state index in [2.05, 4.69) is 0 Å². The van der Waals surface area contributed by atoms with Gasteiger partial charge in [-0.25, -0.2) is 9.18 Å². The van der Waals surface area contributed by atoms with E-state index in [0.717, 1.165) is 12.1 Å². The SMILES string of the molecule is CCOC(=O)C1(Oc2c(F)cccc2[N+](=O)[O-])CC1. The van der Waals surface area contributed by atoms with Gasteiger partial charge < -0.3 is 9.47 Å². The molecule has 1 aliphatic carbocycles. The second kappa shape index (κ2) is 4.83. The normalized spacial score (nSPS) is 15.7. The van der Waals surface area contributed by atoms with Crippen molar-refractivity contribution in [2.75, 3.05) is 6.61 Å². The number of halogens is 1. The summed E-state index contributed by atoms with van der Waals surface area (Å²) in [5.41, 5.74) is -1.78. The number of carbonyl (C=O) groups excluding carboxylic acids is 1. The molecule has 0 aromatic heterocycles. The van der Waals surface area contributed by atoms with Crippen LogP contribution >= 0.6 is 0 Å². The fourth-order valence-electron chi connectivity index (χ4n) is 1.66. The standard InChI is InChI=1S/C12H12FNO5/c1-2-18-11(15)12(6-7-12)19-10-8(13)4-3-5-9(10)14(16)17/h3-5H,2,6-7H2,1H3. The fourth-order valence-corrected chi connectivity index (χ4v) is 1.66. The molecule has 7 heteroatoms. The summed E-state index contributed by atoms with van der Waals surface area (Å²) in [5.74, 6) is -2.00.